The highest BCUT2D eigenvalue weighted by molar-refractivity contribution is 7.92. The molecule has 0 bridgehead atoms. The van der Waals surface area contributed by atoms with Gasteiger partial charge in [0, 0.05) is 6.54 Å². The van der Waals surface area contributed by atoms with Crippen LogP contribution < -0.4 is 9.62 Å². The van der Waals surface area contributed by atoms with Crippen LogP contribution in [0.15, 0.2) is 59.5 Å². The van der Waals surface area contributed by atoms with Crippen molar-refractivity contribution in [2.45, 2.75) is 24.9 Å². The normalized spacial score (nSPS) is 12.1. The van der Waals surface area contributed by atoms with Crippen LogP contribution in [0.5, 0.6) is 0 Å². The molecule has 0 aliphatic heterocycles. The van der Waals surface area contributed by atoms with Crippen molar-refractivity contribution in [3.05, 3.63) is 60.2 Å². The van der Waals surface area contributed by atoms with Crippen molar-refractivity contribution in [1.29, 1.82) is 0 Å². The SMILES string of the molecule is CC(C)CNC(=O)CN(c1cccc(C(F)(F)F)c1)S(=O)(=O)c1ccccc1. The van der Waals surface area contributed by atoms with Gasteiger partial charge in [-0.05, 0) is 36.2 Å². The maximum Gasteiger partial charge on any atom is 0.416 e. The first kappa shape index (κ1) is 21.7. The van der Waals surface area contributed by atoms with Gasteiger partial charge in [-0.3, -0.25) is 9.10 Å². The average molecular weight is 414 g/mol. The van der Waals surface area contributed by atoms with Crippen LogP contribution in [0.1, 0.15) is 19.4 Å². The maximum absolute atomic E-state index is 13.1. The third-order valence-corrected chi connectivity index (χ3v) is 5.58. The van der Waals surface area contributed by atoms with E-state index in [0.29, 0.717) is 10.8 Å². The maximum atomic E-state index is 13.1. The molecule has 0 saturated carbocycles. The summed E-state index contributed by atoms with van der Waals surface area (Å²) >= 11 is 0. The fourth-order valence-electron chi connectivity index (χ4n) is 2.38. The van der Waals surface area contributed by atoms with E-state index in [1.807, 2.05) is 13.8 Å². The molecule has 1 N–H and O–H groups in total. The Morgan fingerprint density at radius 3 is 2.29 bits per heavy atom. The van der Waals surface area contributed by atoms with E-state index in [2.05, 4.69) is 5.32 Å². The highest BCUT2D eigenvalue weighted by Gasteiger charge is 2.33. The zero-order valence-corrected chi connectivity index (χ0v) is 16.2. The molecule has 28 heavy (non-hydrogen) atoms. The molecule has 0 aliphatic rings. The number of benzene rings is 2. The van der Waals surface area contributed by atoms with Crippen LogP contribution in [-0.4, -0.2) is 27.4 Å². The number of halogens is 3. The highest BCUT2D eigenvalue weighted by atomic mass is 32.2. The lowest BCUT2D eigenvalue weighted by Crippen LogP contribution is -2.41. The molecule has 1 amide bonds. The second kappa shape index (κ2) is 8.64. The summed E-state index contributed by atoms with van der Waals surface area (Å²) in [5, 5.41) is 2.58. The molecule has 2 aromatic rings. The van der Waals surface area contributed by atoms with Gasteiger partial charge in [0.25, 0.3) is 10.0 Å². The first-order chi connectivity index (χ1) is 13.0. The largest absolute Gasteiger partial charge is 0.416 e. The number of nitrogens with zero attached hydrogens (tertiary/aromatic N) is 1. The molecule has 0 saturated heterocycles. The van der Waals surface area contributed by atoms with E-state index < -0.39 is 34.2 Å². The Balaban J connectivity index is 2.47. The molecule has 0 radical (unpaired) electrons. The first-order valence-electron chi connectivity index (χ1n) is 8.53. The summed E-state index contributed by atoms with van der Waals surface area (Å²) in [6.07, 6.45) is -4.64. The molecule has 0 unspecified atom stereocenters. The van der Waals surface area contributed by atoms with E-state index >= 15 is 0 Å². The monoisotopic (exact) mass is 414 g/mol. The molecule has 0 atom stereocenters. The molecular weight excluding hydrogens is 393 g/mol. The number of hydrogen-bond acceptors (Lipinski definition) is 3. The zero-order valence-electron chi connectivity index (χ0n) is 15.4. The van der Waals surface area contributed by atoms with Crippen LogP contribution in [0.25, 0.3) is 0 Å². The number of sulfonamides is 1. The van der Waals surface area contributed by atoms with Crippen molar-refractivity contribution in [3.8, 4) is 0 Å². The minimum absolute atomic E-state index is 0.121. The third kappa shape index (κ3) is 5.48. The van der Waals surface area contributed by atoms with Crippen molar-refractivity contribution in [2.24, 2.45) is 5.92 Å². The first-order valence-corrected chi connectivity index (χ1v) is 9.97. The minimum atomic E-state index is -4.64. The van der Waals surface area contributed by atoms with Crippen molar-refractivity contribution in [1.82, 2.24) is 5.32 Å². The number of carbonyl (C=O) groups excluding carboxylic acids is 1. The summed E-state index contributed by atoms with van der Waals surface area (Å²) in [4.78, 5) is 12.1. The Bertz CT molecular complexity index is 914. The summed E-state index contributed by atoms with van der Waals surface area (Å²) in [5.74, 6) is -0.470. The average Bonchev–Trinajstić information content (AvgIpc) is 2.64. The van der Waals surface area contributed by atoms with Crippen LogP contribution in [0.4, 0.5) is 18.9 Å². The van der Waals surface area contributed by atoms with Crippen molar-refractivity contribution < 1.29 is 26.4 Å². The van der Waals surface area contributed by atoms with Crippen LogP contribution in [0, 0.1) is 5.92 Å². The molecule has 0 fully saturated rings. The zero-order chi connectivity index (χ0) is 20.9. The topological polar surface area (TPSA) is 66.5 Å². The van der Waals surface area contributed by atoms with Crippen molar-refractivity contribution in [2.75, 3.05) is 17.4 Å². The summed E-state index contributed by atoms with van der Waals surface area (Å²) < 4.78 is 66.0. The second-order valence-electron chi connectivity index (χ2n) is 6.57. The van der Waals surface area contributed by atoms with Gasteiger partial charge in [0.1, 0.15) is 6.54 Å². The Labute approximate surface area is 162 Å². The summed E-state index contributed by atoms with van der Waals surface area (Å²) in [6, 6.07) is 11.1. The Kier molecular flexibility index (Phi) is 6.71. The fraction of sp³-hybridized carbons (Fsp3) is 0.316. The molecule has 0 heterocycles. The van der Waals surface area contributed by atoms with Crippen LogP contribution in [0.2, 0.25) is 0 Å². The summed E-state index contributed by atoms with van der Waals surface area (Å²) in [5.41, 5.74) is -1.24. The van der Waals surface area contributed by atoms with Gasteiger partial charge >= 0.3 is 6.18 Å². The number of rotatable bonds is 7. The molecule has 5 nitrogen and oxygen atoms in total. The molecule has 152 valence electrons. The lowest BCUT2D eigenvalue weighted by Gasteiger charge is -2.25. The molecule has 2 aromatic carbocycles. The lowest BCUT2D eigenvalue weighted by molar-refractivity contribution is -0.137. The van der Waals surface area contributed by atoms with Gasteiger partial charge in [0.2, 0.25) is 5.91 Å². The Morgan fingerprint density at radius 1 is 1.07 bits per heavy atom. The van der Waals surface area contributed by atoms with E-state index in [0.717, 1.165) is 18.2 Å². The lowest BCUT2D eigenvalue weighted by atomic mass is 10.2. The smallest absolute Gasteiger partial charge is 0.354 e. The standard InChI is InChI=1S/C19H21F3N2O3S/c1-14(2)12-23-18(25)13-24(28(26,27)17-9-4-3-5-10-17)16-8-6-7-15(11-16)19(20,21)22/h3-11,14H,12-13H2,1-2H3,(H,23,25). The number of carbonyl (C=O) groups is 1. The fourth-order valence-corrected chi connectivity index (χ4v) is 3.81. The number of amides is 1. The molecule has 0 spiro atoms. The van der Waals surface area contributed by atoms with Gasteiger partial charge in [-0.2, -0.15) is 13.2 Å². The minimum Gasteiger partial charge on any atom is -0.354 e. The van der Waals surface area contributed by atoms with E-state index in [9.17, 15) is 26.4 Å². The van der Waals surface area contributed by atoms with Crippen LogP contribution in [-0.2, 0) is 21.0 Å². The van der Waals surface area contributed by atoms with E-state index in [-0.39, 0.29) is 16.5 Å². The van der Waals surface area contributed by atoms with Gasteiger partial charge in [-0.15, -0.1) is 0 Å². The highest BCUT2D eigenvalue weighted by Crippen LogP contribution is 2.33. The van der Waals surface area contributed by atoms with E-state index in [1.54, 1.807) is 6.07 Å². The molecule has 9 heteroatoms. The van der Waals surface area contributed by atoms with Crippen LogP contribution in [0.3, 0.4) is 0 Å². The predicted molar refractivity (Wildman–Crippen MR) is 100 cm³/mol. The van der Waals surface area contributed by atoms with Crippen molar-refractivity contribution >= 4 is 21.6 Å². The number of hydrogen-bond donors (Lipinski definition) is 1. The molecule has 2 rings (SSSR count). The van der Waals surface area contributed by atoms with E-state index in [1.165, 1.54) is 30.3 Å². The Morgan fingerprint density at radius 2 is 1.71 bits per heavy atom. The summed E-state index contributed by atoms with van der Waals surface area (Å²) in [7, 11) is -4.24. The van der Waals surface area contributed by atoms with Gasteiger partial charge < -0.3 is 5.32 Å². The molecule has 0 aromatic heterocycles. The van der Waals surface area contributed by atoms with Gasteiger partial charge in [-0.25, -0.2) is 8.42 Å². The van der Waals surface area contributed by atoms with Crippen molar-refractivity contribution in [3.63, 3.8) is 0 Å². The third-order valence-electron chi connectivity index (χ3n) is 3.79. The van der Waals surface area contributed by atoms with E-state index in [4.69, 9.17) is 0 Å². The van der Waals surface area contributed by atoms with Gasteiger partial charge in [0.15, 0.2) is 0 Å². The van der Waals surface area contributed by atoms with Gasteiger partial charge in [-0.1, -0.05) is 38.1 Å². The molecular formula is C19H21F3N2O3S. The summed E-state index contributed by atoms with van der Waals surface area (Å²) in [6.45, 7) is 3.42. The second-order valence-corrected chi connectivity index (χ2v) is 8.43. The quantitative estimate of drug-likeness (QED) is 0.752. The predicted octanol–water partition coefficient (Wildman–Crippen LogP) is 3.67. The molecule has 0 aliphatic carbocycles. The Hall–Kier alpha value is -2.55. The van der Waals surface area contributed by atoms with Crippen LogP contribution >= 0.6 is 0 Å². The number of anilines is 1. The number of nitrogens with one attached hydrogen (secondary N) is 1. The van der Waals surface area contributed by atoms with Gasteiger partial charge in [0.05, 0.1) is 16.1 Å². The number of alkyl halides is 3.